The van der Waals surface area contributed by atoms with Crippen LogP contribution < -0.4 is 10.9 Å². The molecule has 0 bridgehead atoms. The van der Waals surface area contributed by atoms with E-state index in [9.17, 15) is 9.59 Å². The van der Waals surface area contributed by atoms with Crippen LogP contribution in [0.1, 0.15) is 12.8 Å². The summed E-state index contributed by atoms with van der Waals surface area (Å²) in [7, 11) is 1.81. The van der Waals surface area contributed by atoms with Gasteiger partial charge in [0.2, 0.25) is 5.91 Å². The molecular weight excluding hydrogens is 360 g/mol. The van der Waals surface area contributed by atoms with Gasteiger partial charge in [-0.2, -0.15) is 0 Å². The molecule has 1 fully saturated rings. The maximum absolute atomic E-state index is 12.5. The Morgan fingerprint density at radius 2 is 2.17 bits per heavy atom. The number of piperidine rings is 1. The Bertz CT molecular complexity index is 783. The van der Waals surface area contributed by atoms with Gasteiger partial charge in [-0.05, 0) is 44.1 Å². The Morgan fingerprint density at radius 1 is 1.43 bits per heavy atom. The average Bonchev–Trinajstić information content (AvgIpc) is 2.58. The summed E-state index contributed by atoms with van der Waals surface area (Å²) in [5.74, 6) is -0.0600. The summed E-state index contributed by atoms with van der Waals surface area (Å²) in [6, 6.07) is 5.60. The van der Waals surface area contributed by atoms with E-state index in [1.165, 1.54) is 10.9 Å². The summed E-state index contributed by atoms with van der Waals surface area (Å²) < 4.78 is 2.20. The molecule has 1 N–H and O–H groups in total. The summed E-state index contributed by atoms with van der Waals surface area (Å²) in [6.07, 6.45) is 3.34. The molecule has 7 heteroatoms. The molecule has 6 nitrogen and oxygen atoms in total. The molecule has 0 unspecified atom stereocenters. The first-order valence-corrected chi connectivity index (χ1v) is 8.46. The molecule has 1 saturated heterocycles. The quantitative estimate of drug-likeness (QED) is 0.875. The van der Waals surface area contributed by atoms with Gasteiger partial charge in [0, 0.05) is 17.6 Å². The van der Waals surface area contributed by atoms with Crippen LogP contribution in [-0.2, 0) is 11.3 Å². The Balaban J connectivity index is 1.82. The van der Waals surface area contributed by atoms with Crippen LogP contribution in [-0.4, -0.2) is 46.5 Å². The number of hydrogen-bond donors (Lipinski definition) is 1. The fourth-order valence-corrected chi connectivity index (χ4v) is 3.26. The van der Waals surface area contributed by atoms with Gasteiger partial charge in [0.05, 0.1) is 17.2 Å². The fourth-order valence-electron chi connectivity index (χ4n) is 2.90. The number of hydrogen-bond acceptors (Lipinski definition) is 4. The average molecular weight is 379 g/mol. The van der Waals surface area contributed by atoms with Crippen molar-refractivity contribution in [3.05, 3.63) is 39.4 Å². The molecule has 1 aliphatic rings. The van der Waals surface area contributed by atoms with Crippen molar-refractivity contribution in [2.45, 2.75) is 25.4 Å². The molecule has 1 aromatic carbocycles. The van der Waals surface area contributed by atoms with E-state index in [1.807, 2.05) is 13.1 Å². The highest BCUT2D eigenvalue weighted by Crippen LogP contribution is 2.15. The van der Waals surface area contributed by atoms with Crippen LogP contribution in [0.4, 0.5) is 0 Å². The second-order valence-corrected chi connectivity index (χ2v) is 6.74. The van der Waals surface area contributed by atoms with Crippen molar-refractivity contribution in [3.63, 3.8) is 0 Å². The van der Waals surface area contributed by atoms with Gasteiger partial charge in [-0.1, -0.05) is 15.9 Å². The largest absolute Gasteiger partial charge is 0.341 e. The third-order valence-electron chi connectivity index (χ3n) is 4.34. The van der Waals surface area contributed by atoms with Gasteiger partial charge < -0.3 is 10.2 Å². The number of likely N-dealkylation sites (N-methyl/N-ethyl adjacent to an activating group) is 1. The lowest BCUT2D eigenvalue weighted by Crippen LogP contribution is -2.45. The van der Waals surface area contributed by atoms with Gasteiger partial charge in [0.25, 0.3) is 5.56 Å². The Hall–Kier alpha value is -1.73. The molecule has 23 heavy (non-hydrogen) atoms. The van der Waals surface area contributed by atoms with Crippen LogP contribution in [0.25, 0.3) is 10.9 Å². The molecule has 2 heterocycles. The van der Waals surface area contributed by atoms with Crippen LogP contribution >= 0.6 is 15.9 Å². The standard InChI is InChI=1S/C16H19BrN4O2/c1-20(12-4-6-18-7-5-12)15(22)9-21-10-19-14-3-2-11(17)8-13(14)16(21)23/h2-3,8,10,12,18H,4-7,9H2,1H3. The number of amides is 1. The monoisotopic (exact) mass is 378 g/mol. The number of carbonyl (C=O) groups excluding carboxylic acids is 1. The van der Waals surface area contributed by atoms with Crippen molar-refractivity contribution in [2.75, 3.05) is 20.1 Å². The highest BCUT2D eigenvalue weighted by molar-refractivity contribution is 9.10. The van der Waals surface area contributed by atoms with E-state index >= 15 is 0 Å². The minimum atomic E-state index is -0.191. The van der Waals surface area contributed by atoms with Crippen LogP contribution in [0.15, 0.2) is 33.8 Å². The molecule has 1 aromatic heterocycles. The lowest BCUT2D eigenvalue weighted by atomic mass is 10.1. The summed E-state index contributed by atoms with van der Waals surface area (Å²) >= 11 is 3.36. The summed E-state index contributed by atoms with van der Waals surface area (Å²) in [5.41, 5.74) is 0.442. The van der Waals surface area contributed by atoms with Crippen LogP contribution in [0, 0.1) is 0 Å². The van der Waals surface area contributed by atoms with Gasteiger partial charge in [-0.3, -0.25) is 14.2 Å². The van der Waals surface area contributed by atoms with E-state index < -0.39 is 0 Å². The van der Waals surface area contributed by atoms with Gasteiger partial charge >= 0.3 is 0 Å². The van der Waals surface area contributed by atoms with E-state index in [-0.39, 0.29) is 24.1 Å². The second kappa shape index (κ2) is 6.80. The van der Waals surface area contributed by atoms with Crippen molar-refractivity contribution >= 4 is 32.7 Å². The summed E-state index contributed by atoms with van der Waals surface area (Å²) in [5, 5.41) is 3.80. The lowest BCUT2D eigenvalue weighted by Gasteiger charge is -2.31. The molecular formula is C16H19BrN4O2. The summed E-state index contributed by atoms with van der Waals surface area (Å²) in [4.78, 5) is 31.0. The van der Waals surface area contributed by atoms with Gasteiger partial charge in [-0.15, -0.1) is 0 Å². The minimum Gasteiger partial charge on any atom is -0.341 e. The third kappa shape index (κ3) is 3.45. The molecule has 0 aliphatic carbocycles. The Morgan fingerprint density at radius 3 is 2.91 bits per heavy atom. The van der Waals surface area contributed by atoms with Crippen molar-refractivity contribution in [1.82, 2.24) is 19.8 Å². The van der Waals surface area contributed by atoms with E-state index in [4.69, 9.17) is 0 Å². The van der Waals surface area contributed by atoms with E-state index in [0.717, 1.165) is 30.4 Å². The molecule has 0 atom stereocenters. The van der Waals surface area contributed by atoms with Gasteiger partial charge in [0.15, 0.2) is 0 Å². The molecule has 0 spiro atoms. The lowest BCUT2D eigenvalue weighted by molar-refractivity contribution is -0.133. The first kappa shape index (κ1) is 16.1. The number of carbonyl (C=O) groups is 1. The van der Waals surface area contributed by atoms with Crippen molar-refractivity contribution in [3.8, 4) is 0 Å². The number of nitrogens with one attached hydrogen (secondary N) is 1. The highest BCUT2D eigenvalue weighted by atomic mass is 79.9. The molecule has 1 amide bonds. The summed E-state index contributed by atoms with van der Waals surface area (Å²) in [6.45, 7) is 1.87. The first-order valence-electron chi connectivity index (χ1n) is 7.67. The van der Waals surface area contributed by atoms with Crippen molar-refractivity contribution < 1.29 is 4.79 Å². The van der Waals surface area contributed by atoms with E-state index in [1.54, 1.807) is 17.0 Å². The predicted molar refractivity (Wildman–Crippen MR) is 92.4 cm³/mol. The minimum absolute atomic E-state index is 0.0225. The zero-order valence-electron chi connectivity index (χ0n) is 13.0. The maximum Gasteiger partial charge on any atom is 0.261 e. The number of halogens is 1. The van der Waals surface area contributed by atoms with Crippen LogP contribution in [0.2, 0.25) is 0 Å². The van der Waals surface area contributed by atoms with Gasteiger partial charge in [-0.25, -0.2) is 4.98 Å². The topological polar surface area (TPSA) is 67.2 Å². The predicted octanol–water partition coefficient (Wildman–Crippen LogP) is 1.37. The third-order valence-corrected chi connectivity index (χ3v) is 4.83. The number of nitrogens with zero attached hydrogens (tertiary/aromatic N) is 3. The Labute approximate surface area is 142 Å². The molecule has 0 radical (unpaired) electrons. The Kier molecular flexibility index (Phi) is 4.77. The molecule has 1 aliphatic heterocycles. The first-order chi connectivity index (χ1) is 11.1. The number of aromatic nitrogens is 2. The van der Waals surface area contributed by atoms with Crippen LogP contribution in [0.5, 0.6) is 0 Å². The highest BCUT2D eigenvalue weighted by Gasteiger charge is 2.22. The zero-order valence-corrected chi connectivity index (χ0v) is 14.5. The smallest absolute Gasteiger partial charge is 0.261 e. The fraction of sp³-hybridized carbons (Fsp3) is 0.438. The zero-order chi connectivity index (χ0) is 16.4. The van der Waals surface area contributed by atoms with Crippen LogP contribution in [0.3, 0.4) is 0 Å². The number of rotatable bonds is 3. The number of fused-ring (bicyclic) bond motifs is 1. The molecule has 2 aromatic rings. The number of benzene rings is 1. The maximum atomic E-state index is 12.5. The normalized spacial score (nSPS) is 15.7. The molecule has 3 rings (SSSR count). The van der Waals surface area contributed by atoms with E-state index in [2.05, 4.69) is 26.2 Å². The molecule has 122 valence electrons. The second-order valence-electron chi connectivity index (χ2n) is 5.82. The SMILES string of the molecule is CN(C(=O)Cn1cnc2ccc(Br)cc2c1=O)C1CCNCC1. The van der Waals surface area contributed by atoms with E-state index in [0.29, 0.717) is 10.9 Å². The van der Waals surface area contributed by atoms with Crippen molar-refractivity contribution in [1.29, 1.82) is 0 Å². The van der Waals surface area contributed by atoms with Crippen molar-refractivity contribution in [2.24, 2.45) is 0 Å². The van der Waals surface area contributed by atoms with Gasteiger partial charge in [0.1, 0.15) is 6.54 Å². The molecule has 0 saturated carbocycles.